The molecule has 3 heterocycles. The third-order valence-electron chi connectivity index (χ3n) is 3.68. The first-order chi connectivity index (χ1) is 8.58. The Morgan fingerprint density at radius 1 is 1.28 bits per heavy atom. The number of rotatable bonds is 2. The molecule has 0 aromatic carbocycles. The maximum absolute atomic E-state index is 4.65. The number of hydrogen-bond donors (Lipinski definition) is 2. The molecule has 3 rings (SSSR count). The number of nitrogens with zero attached hydrogens (tertiary/aromatic N) is 3. The van der Waals surface area contributed by atoms with Gasteiger partial charge in [-0.3, -0.25) is 0 Å². The number of aromatic amines is 1. The van der Waals surface area contributed by atoms with Gasteiger partial charge in [-0.2, -0.15) is 0 Å². The Hall–Kier alpha value is -1.62. The minimum absolute atomic E-state index is 0.0288. The van der Waals surface area contributed by atoms with E-state index in [9.17, 15) is 0 Å². The van der Waals surface area contributed by atoms with Gasteiger partial charge in [0.05, 0.1) is 11.1 Å². The van der Waals surface area contributed by atoms with Gasteiger partial charge in [-0.05, 0) is 38.4 Å². The highest BCUT2D eigenvalue weighted by Gasteiger charge is 2.33. The van der Waals surface area contributed by atoms with Gasteiger partial charge in [0.15, 0.2) is 5.65 Å². The minimum Gasteiger partial charge on any atom is -0.363 e. The Balaban J connectivity index is 2.05. The smallest absolute Gasteiger partial charge is 0.179 e. The molecule has 96 valence electrons. The molecule has 0 spiro atoms. The van der Waals surface area contributed by atoms with Crippen LogP contribution in [0, 0.1) is 0 Å². The molecule has 1 fully saturated rings. The van der Waals surface area contributed by atoms with Crippen LogP contribution in [0.4, 0.5) is 5.82 Å². The van der Waals surface area contributed by atoms with Crippen molar-refractivity contribution in [3.05, 3.63) is 18.0 Å². The number of hydrogen-bond acceptors (Lipinski definition) is 4. The van der Waals surface area contributed by atoms with Gasteiger partial charge in [-0.1, -0.05) is 0 Å². The molecule has 1 aliphatic rings. The van der Waals surface area contributed by atoms with Crippen LogP contribution in [0.15, 0.2) is 12.1 Å². The number of imidazole rings is 1. The number of aromatic nitrogens is 3. The van der Waals surface area contributed by atoms with Gasteiger partial charge in [0.1, 0.15) is 11.6 Å². The molecule has 5 nitrogen and oxygen atoms in total. The van der Waals surface area contributed by atoms with E-state index in [-0.39, 0.29) is 5.54 Å². The largest absolute Gasteiger partial charge is 0.363 e. The summed E-state index contributed by atoms with van der Waals surface area (Å²) in [5, 5.41) is 3.52. The third-order valence-corrected chi connectivity index (χ3v) is 3.68. The second-order valence-corrected chi connectivity index (χ2v) is 5.38. The van der Waals surface area contributed by atoms with E-state index in [4.69, 9.17) is 0 Å². The molecule has 0 aliphatic carbocycles. The van der Waals surface area contributed by atoms with Crippen molar-refractivity contribution in [2.24, 2.45) is 0 Å². The Labute approximate surface area is 107 Å². The molecule has 0 amide bonds. The van der Waals surface area contributed by atoms with Gasteiger partial charge in [-0.15, -0.1) is 0 Å². The molecule has 2 aromatic rings. The van der Waals surface area contributed by atoms with E-state index in [2.05, 4.69) is 27.2 Å². The lowest BCUT2D eigenvalue weighted by Gasteiger charge is -2.20. The highest BCUT2D eigenvalue weighted by molar-refractivity contribution is 5.73. The maximum atomic E-state index is 4.65. The van der Waals surface area contributed by atoms with E-state index in [1.165, 1.54) is 6.42 Å². The normalized spacial score (nSPS) is 23.7. The van der Waals surface area contributed by atoms with Crippen LogP contribution in [0.1, 0.15) is 25.6 Å². The molecular formula is C13H19N5. The van der Waals surface area contributed by atoms with Crippen molar-refractivity contribution in [3.8, 4) is 0 Å². The Morgan fingerprint density at radius 2 is 2.11 bits per heavy atom. The fraction of sp³-hybridized carbons (Fsp3) is 0.538. The standard InChI is InChI=1S/C13H19N5/c1-13(7-4-8-14-13)12-15-9-5-6-10(18(2)3)16-11(9)17-12/h5-6,14H,4,7-8H2,1-3H3,(H,15,16,17). The first-order valence-electron chi connectivity index (χ1n) is 6.38. The minimum atomic E-state index is -0.0288. The van der Waals surface area contributed by atoms with Crippen LogP contribution < -0.4 is 10.2 Å². The molecule has 2 N–H and O–H groups in total. The van der Waals surface area contributed by atoms with Crippen LogP contribution in [-0.2, 0) is 5.54 Å². The number of fused-ring (bicyclic) bond motifs is 1. The van der Waals surface area contributed by atoms with Crippen molar-refractivity contribution in [1.82, 2.24) is 20.3 Å². The summed E-state index contributed by atoms with van der Waals surface area (Å²) in [6, 6.07) is 4.06. The van der Waals surface area contributed by atoms with Gasteiger partial charge in [0.2, 0.25) is 0 Å². The van der Waals surface area contributed by atoms with Crippen molar-refractivity contribution >= 4 is 17.0 Å². The lowest BCUT2D eigenvalue weighted by Crippen LogP contribution is -2.34. The highest BCUT2D eigenvalue weighted by Crippen LogP contribution is 2.29. The summed E-state index contributed by atoms with van der Waals surface area (Å²) in [6.07, 6.45) is 2.32. The Morgan fingerprint density at radius 3 is 2.78 bits per heavy atom. The highest BCUT2D eigenvalue weighted by atomic mass is 15.2. The van der Waals surface area contributed by atoms with Gasteiger partial charge >= 0.3 is 0 Å². The predicted octanol–water partition coefficient (Wildman–Crippen LogP) is 1.62. The Kier molecular flexibility index (Phi) is 2.52. The molecule has 0 saturated carbocycles. The summed E-state index contributed by atoms with van der Waals surface area (Å²) in [7, 11) is 3.98. The quantitative estimate of drug-likeness (QED) is 0.844. The van der Waals surface area contributed by atoms with E-state index >= 15 is 0 Å². The number of anilines is 1. The van der Waals surface area contributed by atoms with Crippen molar-refractivity contribution in [2.75, 3.05) is 25.5 Å². The SMILES string of the molecule is CN(C)c1ccc2[nH]c(C3(C)CCCN3)nc2n1. The summed E-state index contributed by atoms with van der Waals surface area (Å²) in [5.74, 6) is 1.93. The summed E-state index contributed by atoms with van der Waals surface area (Å²) >= 11 is 0. The number of H-pyrrole nitrogens is 1. The van der Waals surface area contributed by atoms with Crippen LogP contribution in [0.2, 0.25) is 0 Å². The fourth-order valence-corrected chi connectivity index (χ4v) is 2.49. The third kappa shape index (κ3) is 1.75. The molecule has 5 heteroatoms. The first kappa shape index (κ1) is 11.5. The molecule has 1 saturated heterocycles. The molecule has 2 aromatic heterocycles. The van der Waals surface area contributed by atoms with Crippen molar-refractivity contribution in [1.29, 1.82) is 0 Å². The van der Waals surface area contributed by atoms with Crippen LogP contribution in [0.25, 0.3) is 11.2 Å². The monoisotopic (exact) mass is 245 g/mol. The molecule has 0 bridgehead atoms. The zero-order valence-corrected chi connectivity index (χ0v) is 11.1. The van der Waals surface area contributed by atoms with E-state index in [1.807, 2.05) is 31.1 Å². The van der Waals surface area contributed by atoms with Crippen LogP contribution in [0.3, 0.4) is 0 Å². The summed E-state index contributed by atoms with van der Waals surface area (Å²) in [6.45, 7) is 3.26. The second kappa shape index (κ2) is 3.95. The zero-order valence-electron chi connectivity index (χ0n) is 11.1. The maximum Gasteiger partial charge on any atom is 0.179 e. The van der Waals surface area contributed by atoms with E-state index < -0.39 is 0 Å². The van der Waals surface area contributed by atoms with E-state index in [0.29, 0.717) is 0 Å². The lowest BCUT2D eigenvalue weighted by atomic mass is 10.00. The topological polar surface area (TPSA) is 56.8 Å². The van der Waals surface area contributed by atoms with E-state index in [1.54, 1.807) is 0 Å². The predicted molar refractivity (Wildman–Crippen MR) is 72.8 cm³/mol. The van der Waals surface area contributed by atoms with Gasteiger partial charge in [0, 0.05) is 14.1 Å². The van der Waals surface area contributed by atoms with Crippen molar-refractivity contribution in [3.63, 3.8) is 0 Å². The van der Waals surface area contributed by atoms with Crippen LogP contribution in [-0.4, -0.2) is 35.6 Å². The molecule has 18 heavy (non-hydrogen) atoms. The summed E-state index contributed by atoms with van der Waals surface area (Å²) in [4.78, 5) is 14.6. The average molecular weight is 245 g/mol. The van der Waals surface area contributed by atoms with Crippen molar-refractivity contribution in [2.45, 2.75) is 25.3 Å². The first-order valence-corrected chi connectivity index (χ1v) is 6.38. The average Bonchev–Trinajstić information content (AvgIpc) is 2.94. The molecule has 1 unspecified atom stereocenters. The number of pyridine rings is 1. The zero-order chi connectivity index (χ0) is 12.8. The number of nitrogens with one attached hydrogen (secondary N) is 2. The summed E-state index contributed by atoms with van der Waals surface area (Å²) < 4.78 is 0. The van der Waals surface area contributed by atoms with Crippen LogP contribution >= 0.6 is 0 Å². The second-order valence-electron chi connectivity index (χ2n) is 5.38. The lowest BCUT2D eigenvalue weighted by molar-refractivity contribution is 0.412. The molecular weight excluding hydrogens is 226 g/mol. The van der Waals surface area contributed by atoms with Gasteiger partial charge < -0.3 is 15.2 Å². The molecule has 0 radical (unpaired) electrons. The fourth-order valence-electron chi connectivity index (χ4n) is 2.49. The van der Waals surface area contributed by atoms with Gasteiger partial charge in [0.25, 0.3) is 0 Å². The van der Waals surface area contributed by atoms with Gasteiger partial charge in [-0.25, -0.2) is 9.97 Å². The van der Waals surface area contributed by atoms with E-state index in [0.717, 1.165) is 35.8 Å². The van der Waals surface area contributed by atoms with Crippen molar-refractivity contribution < 1.29 is 0 Å². The van der Waals surface area contributed by atoms with Crippen LogP contribution in [0.5, 0.6) is 0 Å². The molecule has 1 atom stereocenters. The Bertz CT molecular complexity index is 566. The summed E-state index contributed by atoms with van der Waals surface area (Å²) in [5.41, 5.74) is 1.77. The molecule has 1 aliphatic heterocycles.